The molecule has 1 saturated carbocycles. The maximum Gasteiger partial charge on any atom is 0.253 e. The molecule has 1 aliphatic carbocycles. The Labute approximate surface area is 200 Å². The molecule has 1 amide bonds. The van der Waals surface area contributed by atoms with Gasteiger partial charge in [0.05, 0.1) is 16.6 Å². The largest absolute Gasteiger partial charge is 0.488 e. The third-order valence-electron chi connectivity index (χ3n) is 6.79. The first-order chi connectivity index (χ1) is 16.2. The summed E-state index contributed by atoms with van der Waals surface area (Å²) in [5.74, 6) is 1.31. The van der Waals surface area contributed by atoms with Gasteiger partial charge in [-0.15, -0.1) is 0 Å². The molecule has 0 radical (unpaired) electrons. The Morgan fingerprint density at radius 3 is 2.53 bits per heavy atom. The van der Waals surface area contributed by atoms with Crippen LogP contribution in [0.25, 0.3) is 10.9 Å². The van der Waals surface area contributed by atoms with E-state index in [0.717, 1.165) is 24.2 Å². The zero-order valence-corrected chi connectivity index (χ0v) is 20.3. The first-order valence-corrected chi connectivity index (χ1v) is 11.7. The monoisotopic (exact) mass is 457 g/mol. The Hall–Kier alpha value is -3.66. The molecule has 0 unspecified atom stereocenters. The van der Waals surface area contributed by atoms with E-state index in [1.165, 1.54) is 0 Å². The Kier molecular flexibility index (Phi) is 6.18. The van der Waals surface area contributed by atoms with E-state index in [1.807, 2.05) is 24.3 Å². The predicted molar refractivity (Wildman–Crippen MR) is 133 cm³/mol. The predicted octanol–water partition coefficient (Wildman–Crippen LogP) is 4.94. The molecule has 4 rings (SSSR count). The maximum absolute atomic E-state index is 13.0. The van der Waals surface area contributed by atoms with Crippen molar-refractivity contribution in [1.82, 2.24) is 15.3 Å². The Balaban J connectivity index is 1.52. The molecule has 0 saturated heterocycles. The zero-order valence-electron chi connectivity index (χ0n) is 20.3. The molecule has 7 nitrogen and oxygen atoms in total. The highest BCUT2D eigenvalue weighted by molar-refractivity contribution is 5.94. The third kappa shape index (κ3) is 4.05. The highest BCUT2D eigenvalue weighted by atomic mass is 16.5. The van der Waals surface area contributed by atoms with E-state index in [0.29, 0.717) is 22.4 Å². The summed E-state index contributed by atoms with van der Waals surface area (Å²) in [7, 11) is 0. The lowest BCUT2D eigenvalue weighted by Crippen LogP contribution is -2.74. The van der Waals surface area contributed by atoms with Crippen molar-refractivity contribution in [2.45, 2.75) is 53.2 Å². The van der Waals surface area contributed by atoms with Crippen LogP contribution in [0, 0.1) is 22.2 Å². The molecule has 0 spiro atoms. The lowest BCUT2D eigenvalue weighted by Gasteiger charge is -2.63. The number of pyridine rings is 2. The first-order valence-electron chi connectivity index (χ1n) is 11.7. The molecular formula is C27H31N5O2. The summed E-state index contributed by atoms with van der Waals surface area (Å²) in [6.07, 6.45) is 4.14. The number of hydrogen-bond donors (Lipinski definition) is 2. The number of nitrogens with one attached hydrogen (secondary N) is 2. The second kappa shape index (κ2) is 8.94. The van der Waals surface area contributed by atoms with Gasteiger partial charge >= 0.3 is 0 Å². The van der Waals surface area contributed by atoms with Gasteiger partial charge in [0.2, 0.25) is 0 Å². The minimum absolute atomic E-state index is 0.0989. The zero-order chi connectivity index (χ0) is 24.5. The Morgan fingerprint density at radius 1 is 1.12 bits per heavy atom. The second-order valence-electron chi connectivity index (χ2n) is 10.0. The summed E-state index contributed by atoms with van der Waals surface area (Å²) in [6.45, 7) is 11.4. The molecule has 0 bridgehead atoms. The highest BCUT2D eigenvalue weighted by Gasteiger charge is 2.64. The van der Waals surface area contributed by atoms with Gasteiger partial charge in [0.15, 0.2) is 0 Å². The average Bonchev–Trinajstić information content (AvgIpc) is 2.84. The number of fused-ring (bicyclic) bond motifs is 1. The minimum Gasteiger partial charge on any atom is -0.488 e. The van der Waals surface area contributed by atoms with Crippen molar-refractivity contribution < 1.29 is 9.53 Å². The van der Waals surface area contributed by atoms with Crippen molar-refractivity contribution in [3.05, 3.63) is 59.9 Å². The van der Waals surface area contributed by atoms with E-state index in [-0.39, 0.29) is 28.9 Å². The second-order valence-corrected chi connectivity index (χ2v) is 10.0. The van der Waals surface area contributed by atoms with E-state index in [9.17, 15) is 10.1 Å². The number of nitriles is 1. The van der Waals surface area contributed by atoms with Gasteiger partial charge in [-0.1, -0.05) is 34.6 Å². The normalized spacial score (nSPS) is 20.1. The first kappa shape index (κ1) is 23.5. The summed E-state index contributed by atoms with van der Waals surface area (Å²) in [6, 6.07) is 13.1. The lowest BCUT2D eigenvalue weighted by molar-refractivity contribution is -0.163. The molecule has 0 atom stereocenters. The molecule has 34 heavy (non-hydrogen) atoms. The van der Waals surface area contributed by atoms with E-state index in [1.54, 1.807) is 24.5 Å². The summed E-state index contributed by atoms with van der Waals surface area (Å²) < 4.78 is 6.54. The SMILES string of the molecule is CCCNc1ccc(C(=O)NC2C(C)(C)C(Oc3ccc(C#N)c4ncccc34)C2(C)C)cn1. The number of nitrogens with zero attached hydrogens (tertiary/aromatic N) is 3. The Bertz CT molecular complexity index is 1230. The van der Waals surface area contributed by atoms with Crippen molar-refractivity contribution in [3.8, 4) is 11.8 Å². The number of carbonyl (C=O) groups excluding carboxylic acids is 1. The number of hydrogen-bond acceptors (Lipinski definition) is 6. The van der Waals surface area contributed by atoms with Crippen LogP contribution in [-0.4, -0.2) is 34.6 Å². The number of amides is 1. The van der Waals surface area contributed by atoms with Crippen LogP contribution in [0.5, 0.6) is 5.75 Å². The number of ether oxygens (including phenoxy) is 1. The smallest absolute Gasteiger partial charge is 0.253 e. The van der Waals surface area contributed by atoms with Crippen molar-refractivity contribution in [2.75, 3.05) is 11.9 Å². The van der Waals surface area contributed by atoms with Crippen molar-refractivity contribution in [1.29, 1.82) is 5.26 Å². The molecule has 1 fully saturated rings. The summed E-state index contributed by atoms with van der Waals surface area (Å²) in [4.78, 5) is 21.7. The van der Waals surface area contributed by atoms with Gasteiger partial charge in [-0.25, -0.2) is 4.98 Å². The number of rotatable bonds is 7. The molecule has 1 aromatic carbocycles. The molecule has 176 valence electrons. The topological polar surface area (TPSA) is 99.9 Å². The summed E-state index contributed by atoms with van der Waals surface area (Å²) in [5.41, 5.74) is 1.04. The molecule has 1 aliphatic rings. The van der Waals surface area contributed by atoms with E-state index in [2.05, 4.69) is 61.3 Å². The van der Waals surface area contributed by atoms with E-state index >= 15 is 0 Å². The third-order valence-corrected chi connectivity index (χ3v) is 6.79. The van der Waals surface area contributed by atoms with Crippen LogP contribution in [0.15, 0.2) is 48.8 Å². The number of aromatic nitrogens is 2. The molecule has 2 aromatic heterocycles. The summed E-state index contributed by atoms with van der Waals surface area (Å²) in [5, 5.41) is 16.7. The van der Waals surface area contributed by atoms with Gasteiger partial charge in [0.25, 0.3) is 5.91 Å². The van der Waals surface area contributed by atoms with Crippen LogP contribution in [0.3, 0.4) is 0 Å². The van der Waals surface area contributed by atoms with Crippen molar-refractivity contribution in [2.24, 2.45) is 10.8 Å². The van der Waals surface area contributed by atoms with Crippen LogP contribution in [0.4, 0.5) is 5.82 Å². The molecular weight excluding hydrogens is 426 g/mol. The molecule has 7 heteroatoms. The van der Waals surface area contributed by atoms with Gasteiger partial charge in [0.1, 0.15) is 23.7 Å². The van der Waals surface area contributed by atoms with Crippen LogP contribution in [0.2, 0.25) is 0 Å². The average molecular weight is 458 g/mol. The molecule has 3 aromatic rings. The number of anilines is 1. The van der Waals surface area contributed by atoms with Crippen LogP contribution in [0.1, 0.15) is 57.0 Å². The van der Waals surface area contributed by atoms with Gasteiger partial charge in [-0.05, 0) is 42.8 Å². The van der Waals surface area contributed by atoms with Gasteiger partial charge in [-0.3, -0.25) is 9.78 Å². The fourth-order valence-electron chi connectivity index (χ4n) is 5.37. The van der Waals surface area contributed by atoms with E-state index < -0.39 is 0 Å². The lowest BCUT2D eigenvalue weighted by atomic mass is 9.49. The van der Waals surface area contributed by atoms with Crippen LogP contribution >= 0.6 is 0 Å². The molecule has 2 N–H and O–H groups in total. The van der Waals surface area contributed by atoms with Gasteiger partial charge in [-0.2, -0.15) is 5.26 Å². The Morgan fingerprint density at radius 2 is 1.88 bits per heavy atom. The van der Waals surface area contributed by atoms with E-state index in [4.69, 9.17) is 4.74 Å². The van der Waals surface area contributed by atoms with Gasteiger partial charge in [0, 0.05) is 41.2 Å². The van der Waals surface area contributed by atoms with Crippen LogP contribution < -0.4 is 15.4 Å². The van der Waals surface area contributed by atoms with Gasteiger partial charge < -0.3 is 15.4 Å². The minimum atomic E-state index is -0.322. The summed E-state index contributed by atoms with van der Waals surface area (Å²) >= 11 is 0. The molecule has 0 aliphatic heterocycles. The quantitative estimate of drug-likeness (QED) is 0.521. The van der Waals surface area contributed by atoms with Crippen molar-refractivity contribution in [3.63, 3.8) is 0 Å². The highest BCUT2D eigenvalue weighted by Crippen LogP contribution is 2.56. The molecule has 2 heterocycles. The maximum atomic E-state index is 13.0. The fourth-order valence-corrected chi connectivity index (χ4v) is 5.37. The van der Waals surface area contributed by atoms with Crippen molar-refractivity contribution >= 4 is 22.6 Å². The number of carbonyl (C=O) groups is 1. The fraction of sp³-hybridized carbons (Fsp3) is 0.407. The number of benzene rings is 1. The standard InChI is InChI=1S/C27H31N5O2/c1-6-13-29-21-12-10-18(16-31-21)23(33)32-24-26(2,3)25(27(24,4)5)34-20-11-9-17(15-28)22-19(20)8-7-14-30-22/h7-12,14,16,24-25H,6,13H2,1-5H3,(H,29,31)(H,32,33). The van der Waals surface area contributed by atoms with Crippen LogP contribution in [-0.2, 0) is 0 Å².